The molecule has 24 heavy (non-hydrogen) atoms. The first kappa shape index (κ1) is 15.4. The van der Waals surface area contributed by atoms with Crippen molar-refractivity contribution in [3.63, 3.8) is 0 Å². The molecule has 0 aliphatic heterocycles. The molecule has 5 rings (SSSR count). The van der Waals surface area contributed by atoms with Gasteiger partial charge in [0.1, 0.15) is 0 Å². The SMILES string of the molecule is COc1cc([N+](=O)[O-])cc(C=NC23CC4CC(CC(C4)C2)C3)c1O. The van der Waals surface area contributed by atoms with Crippen molar-refractivity contribution >= 4 is 11.9 Å². The number of ether oxygens (including phenoxy) is 1. The summed E-state index contributed by atoms with van der Waals surface area (Å²) in [6.07, 6.45) is 8.98. The number of nitro groups is 1. The lowest BCUT2D eigenvalue weighted by molar-refractivity contribution is -0.385. The Morgan fingerprint density at radius 3 is 2.33 bits per heavy atom. The van der Waals surface area contributed by atoms with E-state index in [2.05, 4.69) is 0 Å². The highest BCUT2D eigenvalue weighted by Gasteiger charge is 2.50. The van der Waals surface area contributed by atoms with Gasteiger partial charge >= 0.3 is 0 Å². The summed E-state index contributed by atoms with van der Waals surface area (Å²) in [6.45, 7) is 0. The maximum Gasteiger partial charge on any atom is 0.274 e. The molecule has 4 aliphatic rings. The van der Waals surface area contributed by atoms with E-state index in [4.69, 9.17) is 9.73 Å². The average Bonchev–Trinajstić information content (AvgIpc) is 2.52. The van der Waals surface area contributed by atoms with E-state index in [9.17, 15) is 15.2 Å². The third-order valence-corrected chi connectivity index (χ3v) is 6.00. The highest BCUT2D eigenvalue weighted by atomic mass is 16.6. The Bertz CT molecular complexity index is 678. The molecule has 128 valence electrons. The Morgan fingerprint density at radius 1 is 1.25 bits per heavy atom. The van der Waals surface area contributed by atoms with Gasteiger partial charge in [0.05, 0.1) is 23.6 Å². The minimum Gasteiger partial charge on any atom is -0.504 e. The number of nitro benzene ring substituents is 1. The molecule has 1 aromatic carbocycles. The second kappa shape index (κ2) is 5.46. The first-order chi connectivity index (χ1) is 11.5. The molecule has 0 saturated heterocycles. The third-order valence-electron chi connectivity index (χ3n) is 6.00. The van der Waals surface area contributed by atoms with Crippen LogP contribution in [0.15, 0.2) is 17.1 Å². The first-order valence-corrected chi connectivity index (χ1v) is 8.58. The molecule has 0 atom stereocenters. The van der Waals surface area contributed by atoms with Crippen molar-refractivity contribution < 1.29 is 14.8 Å². The van der Waals surface area contributed by atoms with E-state index in [0.717, 1.165) is 37.0 Å². The zero-order valence-electron chi connectivity index (χ0n) is 13.8. The van der Waals surface area contributed by atoms with Crippen LogP contribution in [0.1, 0.15) is 44.1 Å². The lowest BCUT2D eigenvalue weighted by Crippen LogP contribution is -2.49. The maximum absolute atomic E-state index is 11.1. The van der Waals surface area contributed by atoms with Crippen LogP contribution in [0, 0.1) is 27.9 Å². The van der Waals surface area contributed by atoms with Crippen LogP contribution in [0.25, 0.3) is 0 Å². The van der Waals surface area contributed by atoms with Gasteiger partial charge in [0.2, 0.25) is 0 Å². The number of hydrogen-bond donors (Lipinski definition) is 1. The number of benzene rings is 1. The zero-order valence-corrected chi connectivity index (χ0v) is 13.8. The van der Waals surface area contributed by atoms with E-state index in [1.165, 1.54) is 38.5 Å². The summed E-state index contributed by atoms with van der Waals surface area (Å²) in [6, 6.07) is 2.60. The van der Waals surface area contributed by atoms with E-state index in [1.54, 1.807) is 6.21 Å². The average molecular weight is 330 g/mol. The van der Waals surface area contributed by atoms with Crippen LogP contribution >= 0.6 is 0 Å². The molecular formula is C18H22N2O4. The van der Waals surface area contributed by atoms with E-state index in [-0.39, 0.29) is 22.7 Å². The summed E-state index contributed by atoms with van der Waals surface area (Å²) in [7, 11) is 1.39. The topological polar surface area (TPSA) is 85.0 Å². The predicted molar refractivity (Wildman–Crippen MR) is 89.8 cm³/mol. The van der Waals surface area contributed by atoms with Gasteiger partial charge in [0.15, 0.2) is 11.5 Å². The molecule has 6 heteroatoms. The van der Waals surface area contributed by atoms with Gasteiger partial charge in [-0.25, -0.2) is 0 Å². The highest BCUT2D eigenvalue weighted by Crippen LogP contribution is 2.57. The molecule has 0 heterocycles. The number of phenols is 1. The Labute approximate surface area is 140 Å². The van der Waals surface area contributed by atoms with Crippen molar-refractivity contribution in [2.24, 2.45) is 22.7 Å². The van der Waals surface area contributed by atoms with E-state index < -0.39 is 4.92 Å². The van der Waals surface area contributed by atoms with Gasteiger partial charge in [-0.15, -0.1) is 0 Å². The molecule has 4 aliphatic carbocycles. The van der Waals surface area contributed by atoms with Crippen molar-refractivity contribution in [1.29, 1.82) is 0 Å². The molecular weight excluding hydrogens is 308 g/mol. The van der Waals surface area contributed by atoms with E-state index in [0.29, 0.717) is 5.56 Å². The first-order valence-electron chi connectivity index (χ1n) is 8.58. The molecule has 6 nitrogen and oxygen atoms in total. The molecule has 0 unspecified atom stereocenters. The number of aromatic hydroxyl groups is 1. The van der Waals surface area contributed by atoms with Crippen LogP contribution in [0.3, 0.4) is 0 Å². The fourth-order valence-corrected chi connectivity index (χ4v) is 5.40. The maximum atomic E-state index is 11.1. The fourth-order valence-electron chi connectivity index (χ4n) is 5.40. The van der Waals surface area contributed by atoms with Gasteiger partial charge in [-0.1, -0.05) is 0 Å². The van der Waals surface area contributed by atoms with Crippen molar-refractivity contribution in [3.05, 3.63) is 27.8 Å². The minimum absolute atomic E-state index is 0.0287. The number of nitrogens with zero attached hydrogens (tertiary/aromatic N) is 2. The van der Waals surface area contributed by atoms with E-state index in [1.807, 2.05) is 0 Å². The number of aliphatic imine (C=N–C) groups is 1. The van der Waals surface area contributed by atoms with Crippen LogP contribution < -0.4 is 4.74 Å². The second-order valence-electron chi connectivity index (χ2n) is 7.74. The second-order valence-corrected chi connectivity index (χ2v) is 7.74. The molecule has 4 saturated carbocycles. The highest BCUT2D eigenvalue weighted by molar-refractivity contribution is 5.86. The van der Waals surface area contributed by atoms with Gasteiger partial charge in [-0.2, -0.15) is 0 Å². The Balaban J connectivity index is 1.66. The number of rotatable bonds is 4. The summed E-state index contributed by atoms with van der Waals surface area (Å²) < 4.78 is 5.06. The van der Waals surface area contributed by atoms with Crippen molar-refractivity contribution in [2.75, 3.05) is 7.11 Å². The lowest BCUT2D eigenvalue weighted by atomic mass is 9.53. The molecule has 1 N–H and O–H groups in total. The van der Waals surface area contributed by atoms with Crippen LogP contribution in [-0.2, 0) is 0 Å². The van der Waals surface area contributed by atoms with Crippen LogP contribution in [-0.4, -0.2) is 28.9 Å². The Hall–Kier alpha value is -2.11. The van der Waals surface area contributed by atoms with Gasteiger partial charge in [0, 0.05) is 17.8 Å². The molecule has 4 fully saturated rings. The fraction of sp³-hybridized carbons (Fsp3) is 0.611. The monoisotopic (exact) mass is 330 g/mol. The number of phenolic OH excluding ortho intramolecular Hbond substituents is 1. The smallest absolute Gasteiger partial charge is 0.274 e. The molecule has 0 amide bonds. The van der Waals surface area contributed by atoms with Crippen LogP contribution in [0.5, 0.6) is 11.5 Å². The molecule has 4 bridgehead atoms. The molecule has 0 aromatic heterocycles. The summed E-state index contributed by atoms with van der Waals surface area (Å²) in [4.78, 5) is 15.5. The normalized spacial score (nSPS) is 34.0. The molecule has 0 radical (unpaired) electrons. The lowest BCUT2D eigenvalue weighted by Gasteiger charge is -2.54. The number of hydrogen-bond acceptors (Lipinski definition) is 5. The quantitative estimate of drug-likeness (QED) is 0.518. The Kier molecular flexibility index (Phi) is 3.51. The van der Waals surface area contributed by atoms with Crippen molar-refractivity contribution in [2.45, 2.75) is 44.1 Å². The largest absolute Gasteiger partial charge is 0.504 e. The number of non-ortho nitro benzene ring substituents is 1. The summed E-state index contributed by atoms with van der Waals surface area (Å²) >= 11 is 0. The standard InChI is InChI=1S/C18H22N2O4/c1-24-16-6-15(20(22)23)5-14(17(16)21)10-19-18-7-11-2-12(8-18)4-13(3-11)9-18/h5-6,10-13,21H,2-4,7-9H2,1H3. The summed E-state index contributed by atoms with van der Waals surface area (Å²) in [5, 5.41) is 21.4. The van der Waals surface area contributed by atoms with Crippen LogP contribution in [0.4, 0.5) is 5.69 Å². The summed E-state index contributed by atoms with van der Waals surface area (Å²) in [5.74, 6) is 2.36. The van der Waals surface area contributed by atoms with E-state index >= 15 is 0 Å². The van der Waals surface area contributed by atoms with Crippen molar-refractivity contribution in [1.82, 2.24) is 0 Å². The Morgan fingerprint density at radius 2 is 1.83 bits per heavy atom. The van der Waals surface area contributed by atoms with Gasteiger partial charge in [-0.3, -0.25) is 15.1 Å². The van der Waals surface area contributed by atoms with Gasteiger partial charge in [-0.05, 0) is 56.3 Å². The van der Waals surface area contributed by atoms with Crippen molar-refractivity contribution in [3.8, 4) is 11.5 Å². The third kappa shape index (κ3) is 2.54. The number of methoxy groups -OCH3 is 1. The van der Waals surface area contributed by atoms with Gasteiger partial charge in [0.25, 0.3) is 5.69 Å². The zero-order chi connectivity index (χ0) is 16.9. The summed E-state index contributed by atoms with van der Waals surface area (Å²) in [5.41, 5.74) is 0.229. The van der Waals surface area contributed by atoms with Gasteiger partial charge < -0.3 is 9.84 Å². The predicted octanol–water partition coefficient (Wildman–Crippen LogP) is 3.70. The minimum atomic E-state index is -0.482. The molecule has 0 spiro atoms. The molecule has 1 aromatic rings. The van der Waals surface area contributed by atoms with Crippen LogP contribution in [0.2, 0.25) is 0 Å².